The van der Waals surface area contributed by atoms with Crippen LogP contribution in [-0.4, -0.2) is 36.0 Å². The average molecular weight is 243 g/mol. The molecule has 0 aromatic carbocycles. The summed E-state index contributed by atoms with van der Waals surface area (Å²) in [5.41, 5.74) is 0. The summed E-state index contributed by atoms with van der Waals surface area (Å²) in [5.74, 6) is -0.900. The molecule has 0 aliphatic heterocycles. The van der Waals surface area contributed by atoms with Gasteiger partial charge in [0, 0.05) is 12.6 Å². The highest BCUT2D eigenvalue weighted by Gasteiger charge is 2.28. The number of hydrogen-bond acceptors (Lipinski definition) is 3. The van der Waals surface area contributed by atoms with Gasteiger partial charge in [-0.3, -0.25) is 4.79 Å². The highest BCUT2D eigenvalue weighted by molar-refractivity contribution is 6.32. The van der Waals surface area contributed by atoms with E-state index >= 15 is 0 Å². The summed E-state index contributed by atoms with van der Waals surface area (Å²) in [4.78, 5) is 25.1. The van der Waals surface area contributed by atoms with Crippen LogP contribution < -0.4 is 0 Å². The molecule has 0 atom stereocenters. The molecular formula is C13H25NO3. The Hall–Kier alpha value is -1.06. The zero-order valence-electron chi connectivity index (χ0n) is 11.7. The summed E-state index contributed by atoms with van der Waals surface area (Å²) in [6.07, 6.45) is 1.71. The van der Waals surface area contributed by atoms with Gasteiger partial charge in [0.25, 0.3) is 0 Å². The monoisotopic (exact) mass is 243 g/mol. The largest absolute Gasteiger partial charge is 0.459 e. The zero-order chi connectivity index (χ0) is 13.4. The second-order valence-corrected chi connectivity index (χ2v) is 4.54. The Morgan fingerprint density at radius 3 is 2.00 bits per heavy atom. The van der Waals surface area contributed by atoms with Gasteiger partial charge in [-0.25, -0.2) is 4.79 Å². The first-order valence-corrected chi connectivity index (χ1v) is 6.45. The van der Waals surface area contributed by atoms with Crippen LogP contribution in [0.3, 0.4) is 0 Å². The van der Waals surface area contributed by atoms with Crippen LogP contribution in [-0.2, 0) is 14.3 Å². The fourth-order valence-corrected chi connectivity index (χ4v) is 1.83. The van der Waals surface area contributed by atoms with Gasteiger partial charge in [-0.2, -0.15) is 0 Å². The number of rotatable bonds is 6. The Labute approximate surface area is 104 Å². The van der Waals surface area contributed by atoms with Crippen LogP contribution in [0.25, 0.3) is 0 Å². The van der Waals surface area contributed by atoms with Gasteiger partial charge in [-0.1, -0.05) is 27.7 Å². The molecule has 0 unspecified atom stereocenters. The average Bonchev–Trinajstić information content (AvgIpc) is 2.28. The normalized spacial score (nSPS) is 10.8. The van der Waals surface area contributed by atoms with Gasteiger partial charge in [0.2, 0.25) is 0 Å². The standard InChI is InChI=1S/C13H25NO3/c1-6-11(7-2)14(9-10(4)5)12(15)13(16)17-8-3/h10-11H,6-9H2,1-5H3. The fraction of sp³-hybridized carbons (Fsp3) is 0.846. The van der Waals surface area contributed by atoms with Gasteiger partial charge in [-0.15, -0.1) is 0 Å². The molecule has 0 aliphatic carbocycles. The highest BCUT2D eigenvalue weighted by Crippen LogP contribution is 2.12. The van der Waals surface area contributed by atoms with E-state index in [1.165, 1.54) is 0 Å². The predicted octanol–water partition coefficient (Wildman–Crippen LogP) is 2.22. The van der Waals surface area contributed by atoms with Gasteiger partial charge in [0.15, 0.2) is 0 Å². The first-order chi connectivity index (χ1) is 7.97. The first-order valence-electron chi connectivity index (χ1n) is 6.45. The molecule has 0 bridgehead atoms. The van der Waals surface area contributed by atoms with E-state index in [4.69, 9.17) is 4.74 Å². The topological polar surface area (TPSA) is 46.6 Å². The Morgan fingerprint density at radius 2 is 1.65 bits per heavy atom. The van der Waals surface area contributed by atoms with Crippen molar-refractivity contribution in [2.75, 3.05) is 13.2 Å². The molecule has 0 N–H and O–H groups in total. The zero-order valence-corrected chi connectivity index (χ0v) is 11.7. The van der Waals surface area contributed by atoms with Gasteiger partial charge in [0.05, 0.1) is 6.61 Å². The van der Waals surface area contributed by atoms with Crippen molar-refractivity contribution in [2.45, 2.75) is 53.5 Å². The number of amides is 1. The van der Waals surface area contributed by atoms with Crippen LogP contribution in [0, 0.1) is 5.92 Å². The molecule has 0 aliphatic rings. The molecule has 0 aromatic heterocycles. The van der Waals surface area contributed by atoms with Crippen molar-refractivity contribution in [3.63, 3.8) is 0 Å². The summed E-state index contributed by atoms with van der Waals surface area (Å²) >= 11 is 0. The van der Waals surface area contributed by atoms with Crippen LogP contribution in [0.1, 0.15) is 47.5 Å². The number of nitrogens with zero attached hydrogens (tertiary/aromatic N) is 1. The Kier molecular flexibility index (Phi) is 7.59. The maximum absolute atomic E-state index is 12.0. The van der Waals surface area contributed by atoms with Gasteiger partial charge >= 0.3 is 11.9 Å². The summed E-state index contributed by atoms with van der Waals surface area (Å²) in [6, 6.07) is 0.120. The Morgan fingerprint density at radius 1 is 1.12 bits per heavy atom. The number of hydrogen-bond donors (Lipinski definition) is 0. The van der Waals surface area contributed by atoms with E-state index in [-0.39, 0.29) is 12.6 Å². The van der Waals surface area contributed by atoms with Crippen molar-refractivity contribution in [1.29, 1.82) is 0 Å². The lowest BCUT2D eigenvalue weighted by Gasteiger charge is -2.31. The lowest BCUT2D eigenvalue weighted by Crippen LogP contribution is -2.46. The Bertz CT molecular complexity index is 247. The molecule has 0 fully saturated rings. The van der Waals surface area contributed by atoms with E-state index in [0.717, 1.165) is 12.8 Å². The van der Waals surface area contributed by atoms with E-state index in [1.807, 2.05) is 27.7 Å². The second-order valence-electron chi connectivity index (χ2n) is 4.54. The van der Waals surface area contributed by atoms with Crippen molar-refractivity contribution >= 4 is 11.9 Å². The van der Waals surface area contributed by atoms with Crippen molar-refractivity contribution in [3.8, 4) is 0 Å². The van der Waals surface area contributed by atoms with Crippen LogP contribution in [0.4, 0.5) is 0 Å². The highest BCUT2D eigenvalue weighted by atomic mass is 16.5. The van der Waals surface area contributed by atoms with Gasteiger partial charge in [-0.05, 0) is 25.7 Å². The summed E-state index contributed by atoms with van der Waals surface area (Å²) < 4.78 is 4.78. The van der Waals surface area contributed by atoms with E-state index < -0.39 is 11.9 Å². The van der Waals surface area contributed by atoms with E-state index in [9.17, 15) is 9.59 Å². The lowest BCUT2D eigenvalue weighted by molar-refractivity contribution is -0.161. The van der Waals surface area contributed by atoms with Crippen LogP contribution in [0.15, 0.2) is 0 Å². The molecule has 4 heteroatoms. The van der Waals surface area contributed by atoms with Gasteiger partial charge in [0.1, 0.15) is 0 Å². The van der Waals surface area contributed by atoms with Crippen molar-refractivity contribution in [1.82, 2.24) is 4.90 Å². The molecule has 0 aromatic rings. The third kappa shape index (κ3) is 5.20. The van der Waals surface area contributed by atoms with Crippen molar-refractivity contribution in [3.05, 3.63) is 0 Å². The lowest BCUT2D eigenvalue weighted by atomic mass is 10.1. The summed E-state index contributed by atoms with van der Waals surface area (Å²) in [7, 11) is 0. The predicted molar refractivity (Wildman–Crippen MR) is 67.6 cm³/mol. The third-order valence-electron chi connectivity index (χ3n) is 2.66. The third-order valence-corrected chi connectivity index (χ3v) is 2.66. The quantitative estimate of drug-likeness (QED) is 0.531. The maximum atomic E-state index is 12.0. The maximum Gasteiger partial charge on any atom is 0.397 e. The molecule has 17 heavy (non-hydrogen) atoms. The molecule has 1 amide bonds. The molecule has 100 valence electrons. The van der Waals surface area contributed by atoms with E-state index in [0.29, 0.717) is 12.5 Å². The fourth-order valence-electron chi connectivity index (χ4n) is 1.83. The number of esters is 1. The molecule has 0 rings (SSSR count). The summed E-state index contributed by atoms with van der Waals surface area (Å²) in [5, 5.41) is 0. The minimum atomic E-state index is -0.736. The Balaban J connectivity index is 4.77. The number of ether oxygens (including phenoxy) is 1. The van der Waals surface area contributed by atoms with Crippen LogP contribution in [0.2, 0.25) is 0 Å². The molecule has 0 saturated carbocycles. The number of carbonyl (C=O) groups excluding carboxylic acids is 2. The van der Waals surface area contributed by atoms with Gasteiger partial charge < -0.3 is 9.64 Å². The van der Waals surface area contributed by atoms with Crippen molar-refractivity contribution < 1.29 is 14.3 Å². The van der Waals surface area contributed by atoms with Crippen LogP contribution in [0.5, 0.6) is 0 Å². The molecule has 0 spiro atoms. The molecular weight excluding hydrogens is 218 g/mol. The van der Waals surface area contributed by atoms with Crippen LogP contribution >= 0.6 is 0 Å². The first kappa shape index (κ1) is 15.9. The van der Waals surface area contributed by atoms with E-state index in [2.05, 4.69) is 0 Å². The molecule has 0 saturated heterocycles. The minimum absolute atomic E-state index is 0.120. The summed E-state index contributed by atoms with van der Waals surface area (Å²) in [6.45, 7) is 10.7. The smallest absolute Gasteiger partial charge is 0.397 e. The minimum Gasteiger partial charge on any atom is -0.459 e. The number of carbonyl (C=O) groups is 2. The second kappa shape index (κ2) is 8.09. The van der Waals surface area contributed by atoms with Crippen molar-refractivity contribution in [2.24, 2.45) is 5.92 Å². The molecule has 0 heterocycles. The molecule has 0 radical (unpaired) electrons. The SMILES string of the molecule is CCOC(=O)C(=O)N(CC(C)C)C(CC)CC. The molecule has 4 nitrogen and oxygen atoms in total. The van der Waals surface area contributed by atoms with E-state index in [1.54, 1.807) is 11.8 Å².